The largest absolute Gasteiger partial charge is 0.462 e. The van der Waals surface area contributed by atoms with Crippen molar-refractivity contribution in [2.24, 2.45) is 0 Å². The normalized spacial score (nSPS) is 13.0. The predicted octanol–water partition coefficient (Wildman–Crippen LogP) is 20.8. The zero-order valence-electron chi connectivity index (χ0n) is 48.1. The summed E-state index contributed by atoms with van der Waals surface area (Å²) in [6, 6.07) is 0. The third-order valence-corrected chi connectivity index (χ3v) is 12.7. The van der Waals surface area contributed by atoms with E-state index in [9.17, 15) is 14.4 Å². The van der Waals surface area contributed by atoms with Gasteiger partial charge in [0.15, 0.2) is 6.10 Å². The minimum atomic E-state index is -0.803. The monoisotopic (exact) mass is 1020 g/mol. The van der Waals surface area contributed by atoms with E-state index in [1.807, 2.05) is 0 Å². The fraction of sp³-hybridized carbons (Fsp3) is 0.662. The van der Waals surface area contributed by atoms with Gasteiger partial charge in [-0.2, -0.15) is 0 Å². The number of ether oxygens (including phenoxy) is 3. The SMILES string of the molecule is CC/C=C\C/C=C\C/C=C\C/C=C\C/C=C\CCCCCCCCCC(=O)OCC(COC(=O)CCCCCCCCCCCCCCCC)OC(=O)CCCCC/C=C\C/C=C\C/C=C\C/C=C\C/C=C\CC. The molecule has 0 aliphatic heterocycles. The van der Waals surface area contributed by atoms with Gasteiger partial charge in [-0.05, 0) is 109 Å². The number of esters is 3. The second-order valence-corrected chi connectivity index (χ2v) is 19.9. The lowest BCUT2D eigenvalue weighted by Gasteiger charge is -2.18. The third-order valence-electron chi connectivity index (χ3n) is 12.7. The Morgan fingerprint density at radius 2 is 0.527 bits per heavy atom. The van der Waals surface area contributed by atoms with Gasteiger partial charge >= 0.3 is 17.9 Å². The Kier molecular flexibility index (Phi) is 57.9. The molecule has 6 heteroatoms. The van der Waals surface area contributed by atoms with Crippen LogP contribution in [0.15, 0.2) is 122 Å². The molecule has 0 aliphatic carbocycles. The fourth-order valence-electron chi connectivity index (χ4n) is 8.20. The highest BCUT2D eigenvalue weighted by Gasteiger charge is 2.19. The molecule has 0 N–H and O–H groups in total. The summed E-state index contributed by atoms with van der Waals surface area (Å²) in [4.78, 5) is 38.3. The van der Waals surface area contributed by atoms with E-state index < -0.39 is 6.10 Å². The van der Waals surface area contributed by atoms with E-state index in [1.54, 1.807) is 0 Å². The fourth-order valence-corrected chi connectivity index (χ4v) is 8.20. The summed E-state index contributed by atoms with van der Waals surface area (Å²) < 4.78 is 16.9. The Bertz CT molecular complexity index is 1550. The van der Waals surface area contributed by atoms with E-state index >= 15 is 0 Å². The van der Waals surface area contributed by atoms with Gasteiger partial charge in [0, 0.05) is 19.3 Å². The van der Waals surface area contributed by atoms with Crippen LogP contribution < -0.4 is 0 Å². The van der Waals surface area contributed by atoms with Gasteiger partial charge in [0.05, 0.1) is 0 Å². The van der Waals surface area contributed by atoms with Crippen molar-refractivity contribution in [1.29, 1.82) is 0 Å². The third kappa shape index (κ3) is 58.7. The van der Waals surface area contributed by atoms with Crippen LogP contribution in [0.3, 0.4) is 0 Å². The Morgan fingerprint density at radius 1 is 0.284 bits per heavy atom. The topological polar surface area (TPSA) is 78.9 Å². The highest BCUT2D eigenvalue weighted by atomic mass is 16.6. The molecule has 1 atom stereocenters. The van der Waals surface area contributed by atoms with Crippen molar-refractivity contribution in [3.8, 4) is 0 Å². The van der Waals surface area contributed by atoms with Gasteiger partial charge in [0.1, 0.15) is 13.2 Å². The molecule has 0 saturated carbocycles. The second kappa shape index (κ2) is 61.4. The Balaban J connectivity index is 4.45. The molecular weight excluding hydrogens is 913 g/mol. The summed E-state index contributed by atoms with van der Waals surface area (Å²) in [5.41, 5.74) is 0. The molecular formula is C68H112O6. The Labute approximate surface area is 456 Å². The van der Waals surface area contributed by atoms with Crippen LogP contribution in [-0.4, -0.2) is 37.2 Å². The number of allylic oxidation sites excluding steroid dienone is 20. The number of carbonyl (C=O) groups excluding carboxylic acids is 3. The quantitative estimate of drug-likeness (QED) is 0.0261. The van der Waals surface area contributed by atoms with Crippen LogP contribution in [-0.2, 0) is 28.6 Å². The summed E-state index contributed by atoms with van der Waals surface area (Å²) in [6.07, 6.45) is 84.7. The van der Waals surface area contributed by atoms with Crippen LogP contribution in [0.25, 0.3) is 0 Å². The van der Waals surface area contributed by atoms with Gasteiger partial charge in [-0.1, -0.05) is 264 Å². The van der Waals surface area contributed by atoms with Crippen molar-refractivity contribution >= 4 is 17.9 Å². The highest BCUT2D eigenvalue weighted by Crippen LogP contribution is 2.15. The Morgan fingerprint density at radius 3 is 0.838 bits per heavy atom. The number of hydrogen-bond donors (Lipinski definition) is 0. The highest BCUT2D eigenvalue weighted by molar-refractivity contribution is 5.71. The van der Waals surface area contributed by atoms with Crippen LogP contribution in [0.2, 0.25) is 0 Å². The maximum atomic E-state index is 12.9. The minimum Gasteiger partial charge on any atom is -0.462 e. The molecule has 0 radical (unpaired) electrons. The van der Waals surface area contributed by atoms with E-state index in [1.165, 1.54) is 96.3 Å². The molecule has 0 amide bonds. The van der Waals surface area contributed by atoms with Crippen molar-refractivity contribution in [3.63, 3.8) is 0 Å². The summed E-state index contributed by atoms with van der Waals surface area (Å²) in [7, 11) is 0. The van der Waals surface area contributed by atoms with Gasteiger partial charge < -0.3 is 14.2 Å². The minimum absolute atomic E-state index is 0.0956. The molecule has 0 spiro atoms. The van der Waals surface area contributed by atoms with E-state index in [0.717, 1.165) is 135 Å². The first-order valence-electron chi connectivity index (χ1n) is 30.5. The van der Waals surface area contributed by atoms with Crippen molar-refractivity contribution in [3.05, 3.63) is 122 Å². The average Bonchev–Trinajstić information content (AvgIpc) is 3.40. The molecule has 0 aromatic rings. The van der Waals surface area contributed by atoms with Crippen LogP contribution in [0, 0.1) is 0 Å². The van der Waals surface area contributed by atoms with Crippen LogP contribution >= 0.6 is 0 Å². The maximum absolute atomic E-state index is 12.9. The average molecular weight is 1030 g/mol. The van der Waals surface area contributed by atoms with E-state index in [-0.39, 0.29) is 37.5 Å². The molecule has 0 aromatic heterocycles. The predicted molar refractivity (Wildman–Crippen MR) is 320 cm³/mol. The number of hydrogen-bond acceptors (Lipinski definition) is 6. The first-order valence-corrected chi connectivity index (χ1v) is 30.5. The second-order valence-electron chi connectivity index (χ2n) is 19.9. The van der Waals surface area contributed by atoms with E-state index in [4.69, 9.17) is 14.2 Å². The standard InChI is InChI=1S/C68H112O6/c1-4-7-10-13-16-19-22-25-28-30-32-33-34-35-37-38-40-43-46-49-52-55-58-61-67(70)73-64-65(63-72-66(69)60-57-54-51-48-45-42-27-24-21-18-15-12-9-6-3)74-68(71)62-59-56-53-50-47-44-41-39-36-31-29-26-23-20-17-14-11-8-5-2/h7-8,10-11,16-17,19-20,25-26,28-29,32-33,35-37,39,44,47,65H,4-6,9,12-15,18,21-24,27,30-31,34,38,40-43,45-46,48-64H2,1-3H3/b10-7-,11-8-,19-16-,20-17-,28-25-,29-26-,33-32-,37-35-,39-36-,47-44-. The smallest absolute Gasteiger partial charge is 0.306 e. The van der Waals surface area contributed by atoms with Crippen LogP contribution in [0.5, 0.6) is 0 Å². The first kappa shape index (κ1) is 69.8. The van der Waals surface area contributed by atoms with Crippen molar-refractivity contribution in [2.75, 3.05) is 13.2 Å². The van der Waals surface area contributed by atoms with Crippen molar-refractivity contribution < 1.29 is 28.6 Å². The van der Waals surface area contributed by atoms with Gasteiger partial charge in [0.25, 0.3) is 0 Å². The molecule has 0 bridgehead atoms. The molecule has 0 fully saturated rings. The molecule has 74 heavy (non-hydrogen) atoms. The number of rotatable bonds is 54. The molecule has 0 aromatic carbocycles. The van der Waals surface area contributed by atoms with Crippen molar-refractivity contribution in [1.82, 2.24) is 0 Å². The molecule has 6 nitrogen and oxygen atoms in total. The summed E-state index contributed by atoms with van der Waals surface area (Å²) in [5.74, 6) is -0.936. The number of unbranched alkanes of at least 4 members (excludes halogenated alkanes) is 23. The lowest BCUT2D eigenvalue weighted by Crippen LogP contribution is -2.30. The first-order chi connectivity index (χ1) is 36.5. The van der Waals surface area contributed by atoms with Crippen molar-refractivity contribution in [2.45, 2.75) is 277 Å². The van der Waals surface area contributed by atoms with Gasteiger partial charge in [-0.3, -0.25) is 14.4 Å². The summed E-state index contributed by atoms with van der Waals surface area (Å²) in [6.45, 7) is 6.39. The maximum Gasteiger partial charge on any atom is 0.306 e. The number of carbonyl (C=O) groups is 3. The lowest BCUT2D eigenvalue weighted by atomic mass is 10.0. The molecule has 1 unspecified atom stereocenters. The molecule has 0 rings (SSSR count). The Hall–Kier alpha value is -4.19. The molecule has 0 aliphatic rings. The van der Waals surface area contributed by atoms with E-state index in [0.29, 0.717) is 12.8 Å². The van der Waals surface area contributed by atoms with Gasteiger partial charge in [-0.15, -0.1) is 0 Å². The molecule has 0 heterocycles. The molecule has 0 saturated heterocycles. The zero-order valence-corrected chi connectivity index (χ0v) is 48.1. The lowest BCUT2D eigenvalue weighted by molar-refractivity contribution is -0.167. The van der Waals surface area contributed by atoms with Gasteiger partial charge in [-0.25, -0.2) is 0 Å². The van der Waals surface area contributed by atoms with Crippen LogP contribution in [0.4, 0.5) is 0 Å². The van der Waals surface area contributed by atoms with Crippen LogP contribution in [0.1, 0.15) is 271 Å². The molecule has 420 valence electrons. The summed E-state index contributed by atoms with van der Waals surface area (Å²) in [5, 5.41) is 0. The van der Waals surface area contributed by atoms with E-state index in [2.05, 4.69) is 142 Å². The summed E-state index contributed by atoms with van der Waals surface area (Å²) >= 11 is 0. The zero-order chi connectivity index (χ0) is 53.6. The van der Waals surface area contributed by atoms with Gasteiger partial charge in [0.2, 0.25) is 0 Å².